The van der Waals surface area contributed by atoms with E-state index in [1.807, 2.05) is 22.6 Å². The number of esters is 1. The second-order valence-corrected chi connectivity index (χ2v) is 8.62. The van der Waals surface area contributed by atoms with Gasteiger partial charge in [0.05, 0.1) is 12.7 Å². The van der Waals surface area contributed by atoms with Crippen molar-refractivity contribution in [3.05, 3.63) is 58.2 Å². The second-order valence-electron chi connectivity index (χ2n) is 5.05. The lowest BCUT2D eigenvalue weighted by atomic mass is 10.0. The largest absolute Gasteiger partial charge is 0.506 e. The number of carbonyl (C=O) groups is 2. The number of phenolic OH excluding ortho intramolecular Hbond substituents is 1. The molecule has 2 N–H and O–H groups in total. The molecular weight excluding hydrogens is 691 g/mol. The fourth-order valence-electron chi connectivity index (χ4n) is 1.96. The van der Waals surface area contributed by atoms with Crippen LogP contribution in [0.5, 0.6) is 5.75 Å². The average molecular weight is 700 g/mol. The van der Waals surface area contributed by atoms with Gasteiger partial charge >= 0.3 is 17.9 Å². The molecule has 0 saturated carbocycles. The molecule has 0 amide bonds. The zero-order valence-corrected chi connectivity index (χ0v) is 19.0. The van der Waals surface area contributed by atoms with Crippen LogP contribution in [0.25, 0.3) is 0 Å². The van der Waals surface area contributed by atoms with Gasteiger partial charge in [-0.05, 0) is 104 Å². The number of hydrogen-bond acceptors (Lipinski definition) is 4. The number of carbonyl (C=O) groups excluding carboxylic acids is 1. The summed E-state index contributed by atoms with van der Waals surface area (Å²) >= 11 is 5.44. The van der Waals surface area contributed by atoms with E-state index in [2.05, 4.69) is 0 Å². The standard InChI is InChI=1S/C16H9F2I3O5/c17-16(18,15(24)25)13(8-5-10(20)12(22)11(21)6-8)26-14(23)7-1-3-9(19)4-2-7/h1-6,13,22H,(H,24,25). The number of aliphatic carboxylic acids is 1. The minimum absolute atomic E-state index is 0.0137. The molecule has 10 heteroatoms. The van der Waals surface area contributed by atoms with Gasteiger partial charge in [-0.3, -0.25) is 0 Å². The van der Waals surface area contributed by atoms with Crippen molar-refractivity contribution in [1.29, 1.82) is 0 Å². The van der Waals surface area contributed by atoms with Crippen molar-refractivity contribution in [2.45, 2.75) is 12.0 Å². The monoisotopic (exact) mass is 700 g/mol. The zero-order valence-electron chi connectivity index (χ0n) is 12.6. The Morgan fingerprint density at radius 3 is 2.00 bits per heavy atom. The number of halogens is 5. The molecule has 0 aliphatic rings. The van der Waals surface area contributed by atoms with E-state index >= 15 is 0 Å². The summed E-state index contributed by atoms with van der Waals surface area (Å²) in [5, 5.41) is 18.7. The molecule has 138 valence electrons. The van der Waals surface area contributed by atoms with E-state index in [1.165, 1.54) is 12.1 Å². The van der Waals surface area contributed by atoms with Gasteiger partial charge < -0.3 is 14.9 Å². The van der Waals surface area contributed by atoms with Crippen molar-refractivity contribution in [3.8, 4) is 5.75 Å². The summed E-state index contributed by atoms with van der Waals surface area (Å²) in [5.74, 6) is -7.99. The van der Waals surface area contributed by atoms with E-state index in [0.717, 1.165) is 15.7 Å². The first kappa shape index (κ1) is 21.5. The van der Waals surface area contributed by atoms with Crippen molar-refractivity contribution in [1.82, 2.24) is 0 Å². The van der Waals surface area contributed by atoms with Gasteiger partial charge in [-0.15, -0.1) is 0 Å². The van der Waals surface area contributed by atoms with E-state index in [1.54, 1.807) is 57.3 Å². The lowest BCUT2D eigenvalue weighted by Gasteiger charge is -2.24. The number of carboxylic acid groups (broad SMARTS) is 1. The van der Waals surface area contributed by atoms with Crippen LogP contribution >= 0.6 is 67.8 Å². The Kier molecular flexibility index (Phi) is 7.04. The highest BCUT2D eigenvalue weighted by atomic mass is 127. The molecule has 1 atom stereocenters. The highest BCUT2D eigenvalue weighted by Crippen LogP contribution is 2.39. The van der Waals surface area contributed by atoms with Gasteiger partial charge in [0.15, 0.2) is 0 Å². The number of benzene rings is 2. The molecule has 0 fully saturated rings. The molecule has 0 spiro atoms. The number of rotatable bonds is 5. The maximum atomic E-state index is 14.3. The third-order valence-corrected chi connectivity index (χ3v) is 5.63. The minimum atomic E-state index is -4.36. The first-order valence-corrected chi connectivity index (χ1v) is 10.0. The van der Waals surface area contributed by atoms with Gasteiger partial charge in [0.25, 0.3) is 0 Å². The van der Waals surface area contributed by atoms with Crippen LogP contribution < -0.4 is 0 Å². The molecule has 26 heavy (non-hydrogen) atoms. The van der Waals surface area contributed by atoms with Crippen molar-refractivity contribution < 1.29 is 33.3 Å². The Hall–Kier alpha value is -0.770. The maximum absolute atomic E-state index is 14.3. The van der Waals surface area contributed by atoms with Gasteiger partial charge in [-0.1, -0.05) is 0 Å². The summed E-state index contributed by atoms with van der Waals surface area (Å²) in [7, 11) is 0. The molecule has 0 aromatic heterocycles. The highest BCUT2D eigenvalue weighted by Gasteiger charge is 2.51. The van der Waals surface area contributed by atoms with Crippen LogP contribution in [0.3, 0.4) is 0 Å². The fourth-order valence-corrected chi connectivity index (χ4v) is 4.14. The third kappa shape index (κ3) is 4.74. The quantitative estimate of drug-likeness (QED) is 0.346. The Labute approximate surface area is 187 Å². The van der Waals surface area contributed by atoms with Gasteiger partial charge in [-0.25, -0.2) is 9.59 Å². The predicted octanol–water partition coefficient (Wildman–Crippen LogP) is 4.82. The topological polar surface area (TPSA) is 83.8 Å². The predicted molar refractivity (Wildman–Crippen MR) is 113 cm³/mol. The van der Waals surface area contributed by atoms with Gasteiger partial charge in [0.1, 0.15) is 5.75 Å². The van der Waals surface area contributed by atoms with Gasteiger partial charge in [0.2, 0.25) is 6.10 Å². The van der Waals surface area contributed by atoms with Crippen LogP contribution in [0.2, 0.25) is 0 Å². The summed E-state index contributed by atoms with van der Waals surface area (Å²) in [6.07, 6.45) is -2.35. The Morgan fingerprint density at radius 1 is 1.04 bits per heavy atom. The van der Waals surface area contributed by atoms with Gasteiger partial charge in [-0.2, -0.15) is 8.78 Å². The lowest BCUT2D eigenvalue weighted by Crippen LogP contribution is -2.38. The summed E-state index contributed by atoms with van der Waals surface area (Å²) in [5.41, 5.74) is -0.220. The smallest absolute Gasteiger partial charge is 0.382 e. The molecular formula is C16H9F2I3O5. The number of phenols is 1. The summed E-state index contributed by atoms with van der Waals surface area (Å²) < 4.78 is 34.7. The molecule has 0 heterocycles. The maximum Gasteiger partial charge on any atom is 0.382 e. The van der Waals surface area contributed by atoms with Crippen LogP contribution in [-0.4, -0.2) is 28.1 Å². The first-order chi connectivity index (χ1) is 12.0. The molecule has 0 bridgehead atoms. The van der Waals surface area contributed by atoms with E-state index in [4.69, 9.17) is 9.84 Å². The van der Waals surface area contributed by atoms with Crippen LogP contribution in [0.4, 0.5) is 8.78 Å². The molecule has 2 rings (SSSR count). The van der Waals surface area contributed by atoms with Crippen molar-refractivity contribution >= 4 is 79.7 Å². The molecule has 2 aromatic carbocycles. The molecule has 1 unspecified atom stereocenters. The Morgan fingerprint density at radius 2 is 1.54 bits per heavy atom. The Bertz CT molecular complexity index is 832. The number of carboxylic acids is 1. The SMILES string of the molecule is O=C(OC(c1cc(I)c(O)c(I)c1)C(F)(F)C(=O)O)c1ccc(I)cc1. The second kappa shape index (κ2) is 8.50. The van der Waals surface area contributed by atoms with E-state index in [9.17, 15) is 23.5 Å². The van der Waals surface area contributed by atoms with Gasteiger partial charge in [0, 0.05) is 9.13 Å². The van der Waals surface area contributed by atoms with E-state index in [0.29, 0.717) is 0 Å². The summed E-state index contributed by atoms with van der Waals surface area (Å²) in [6, 6.07) is 8.28. The van der Waals surface area contributed by atoms with Crippen molar-refractivity contribution in [2.24, 2.45) is 0 Å². The number of hydrogen-bond donors (Lipinski definition) is 2. The Balaban J connectivity index is 2.47. The third-order valence-electron chi connectivity index (χ3n) is 3.26. The molecule has 2 aromatic rings. The first-order valence-electron chi connectivity index (χ1n) is 6.79. The van der Waals surface area contributed by atoms with E-state index in [-0.39, 0.29) is 24.0 Å². The van der Waals surface area contributed by atoms with Crippen LogP contribution in [0.1, 0.15) is 22.0 Å². The lowest BCUT2D eigenvalue weighted by molar-refractivity contribution is -0.183. The number of alkyl halides is 2. The molecule has 0 saturated heterocycles. The summed E-state index contributed by atoms with van der Waals surface area (Å²) in [4.78, 5) is 23.3. The van der Waals surface area contributed by atoms with Crippen molar-refractivity contribution in [2.75, 3.05) is 0 Å². The van der Waals surface area contributed by atoms with Crippen molar-refractivity contribution in [3.63, 3.8) is 0 Å². The number of ether oxygens (including phenoxy) is 1. The minimum Gasteiger partial charge on any atom is -0.506 e. The molecule has 0 radical (unpaired) electrons. The van der Waals surface area contributed by atoms with Crippen LogP contribution in [-0.2, 0) is 9.53 Å². The molecule has 0 aliphatic carbocycles. The normalized spacial score (nSPS) is 12.5. The molecule has 0 aliphatic heterocycles. The van der Waals surface area contributed by atoms with E-state index < -0.39 is 24.0 Å². The highest BCUT2D eigenvalue weighted by molar-refractivity contribution is 14.1. The summed E-state index contributed by atoms with van der Waals surface area (Å²) in [6.45, 7) is 0. The fraction of sp³-hybridized carbons (Fsp3) is 0.125. The average Bonchev–Trinajstić information content (AvgIpc) is 2.57. The number of aromatic hydroxyl groups is 1. The zero-order chi connectivity index (χ0) is 19.6. The van der Waals surface area contributed by atoms with Crippen LogP contribution in [0, 0.1) is 10.7 Å². The molecule has 5 nitrogen and oxygen atoms in total. The van der Waals surface area contributed by atoms with Crippen LogP contribution in [0.15, 0.2) is 36.4 Å².